The molecule has 4 heterocycles. The number of nitrogens with one attached hydrogen (secondary N) is 1. The summed E-state index contributed by atoms with van der Waals surface area (Å²) in [6.45, 7) is 2.64. The maximum Gasteiger partial charge on any atom is 0.251 e. The predicted molar refractivity (Wildman–Crippen MR) is 133 cm³/mol. The van der Waals surface area contributed by atoms with E-state index in [1.54, 1.807) is 48.8 Å². The molecular weight excluding hydrogens is 474 g/mol. The molecule has 5 rings (SSSR count). The molecule has 1 fully saturated rings. The largest absolute Gasteiger partial charge is 0.458 e. The summed E-state index contributed by atoms with van der Waals surface area (Å²) in [5.74, 6) is 0.732. The van der Waals surface area contributed by atoms with Gasteiger partial charge in [-0.25, -0.2) is 0 Å². The number of aromatic nitrogens is 5. The number of carbonyl (C=O) groups excluding carboxylic acids is 2. The third-order valence-electron chi connectivity index (χ3n) is 6.05. The number of pyridine rings is 1. The summed E-state index contributed by atoms with van der Waals surface area (Å²) in [6, 6.07) is 15.1. The van der Waals surface area contributed by atoms with Gasteiger partial charge in [0.15, 0.2) is 5.76 Å². The second-order valence-corrected chi connectivity index (χ2v) is 8.72. The van der Waals surface area contributed by atoms with Gasteiger partial charge in [0.05, 0.1) is 6.10 Å². The topological polar surface area (TPSA) is 128 Å². The number of tetrazole rings is 1. The molecule has 0 saturated carbocycles. The van der Waals surface area contributed by atoms with Gasteiger partial charge in [0, 0.05) is 31.2 Å². The Kier molecular flexibility index (Phi) is 7.31. The van der Waals surface area contributed by atoms with Gasteiger partial charge in [0.25, 0.3) is 5.91 Å². The zero-order chi connectivity index (χ0) is 25.6. The first kappa shape index (κ1) is 24.3. The number of para-hydroxylation sites is 1. The van der Waals surface area contributed by atoms with Crippen LogP contribution < -0.4 is 10.2 Å². The van der Waals surface area contributed by atoms with E-state index in [2.05, 4.69) is 25.7 Å². The van der Waals surface area contributed by atoms with Crippen LogP contribution in [0.5, 0.6) is 0 Å². The van der Waals surface area contributed by atoms with Crippen LogP contribution in [0.15, 0.2) is 71.4 Å². The first-order valence-corrected chi connectivity index (χ1v) is 12.1. The van der Waals surface area contributed by atoms with Gasteiger partial charge in [-0.05, 0) is 66.9 Å². The number of nitrogens with zero attached hydrogens (tertiary/aromatic N) is 6. The number of amides is 2. The number of benzene rings is 1. The van der Waals surface area contributed by atoms with E-state index in [0.717, 1.165) is 12.8 Å². The Morgan fingerprint density at radius 1 is 1.14 bits per heavy atom. The zero-order valence-corrected chi connectivity index (χ0v) is 20.4. The maximum atomic E-state index is 13.8. The molecule has 1 N–H and O–H groups in total. The van der Waals surface area contributed by atoms with Crippen molar-refractivity contribution in [2.24, 2.45) is 0 Å². The van der Waals surface area contributed by atoms with E-state index in [-0.39, 0.29) is 30.3 Å². The van der Waals surface area contributed by atoms with Crippen molar-refractivity contribution in [1.29, 1.82) is 0 Å². The van der Waals surface area contributed by atoms with Crippen LogP contribution in [0.3, 0.4) is 0 Å². The van der Waals surface area contributed by atoms with Crippen molar-refractivity contribution >= 4 is 17.5 Å². The summed E-state index contributed by atoms with van der Waals surface area (Å²) in [7, 11) is 0. The van der Waals surface area contributed by atoms with E-state index in [1.807, 2.05) is 25.1 Å². The Hall–Kier alpha value is -4.38. The second-order valence-electron chi connectivity index (χ2n) is 8.72. The minimum Gasteiger partial charge on any atom is -0.458 e. The molecule has 2 amide bonds. The Labute approximate surface area is 213 Å². The van der Waals surface area contributed by atoms with E-state index < -0.39 is 6.04 Å². The Balaban J connectivity index is 1.44. The van der Waals surface area contributed by atoms with E-state index in [9.17, 15) is 9.59 Å². The molecule has 0 spiro atoms. The second kappa shape index (κ2) is 11.1. The molecule has 0 unspecified atom stereocenters. The van der Waals surface area contributed by atoms with Gasteiger partial charge in [-0.1, -0.05) is 18.2 Å². The Morgan fingerprint density at radius 3 is 2.65 bits per heavy atom. The zero-order valence-electron chi connectivity index (χ0n) is 20.4. The number of aryl methyl sites for hydroxylation is 1. The van der Waals surface area contributed by atoms with Crippen molar-refractivity contribution < 1.29 is 18.7 Å². The molecule has 37 heavy (non-hydrogen) atoms. The normalized spacial score (nSPS) is 15.9. The lowest BCUT2D eigenvalue weighted by Crippen LogP contribution is -2.46. The fourth-order valence-corrected chi connectivity index (χ4v) is 4.27. The van der Waals surface area contributed by atoms with Gasteiger partial charge in [0.1, 0.15) is 18.3 Å². The van der Waals surface area contributed by atoms with Gasteiger partial charge in [-0.2, -0.15) is 4.80 Å². The Bertz CT molecular complexity index is 1330. The number of furan rings is 1. The first-order chi connectivity index (χ1) is 18.1. The smallest absolute Gasteiger partial charge is 0.251 e. The number of hydrogen-bond donors (Lipinski definition) is 1. The number of anilines is 1. The standard InChI is InChI=1S/C26H27N7O4/c1-18-9-10-22(37-18)25-29-31-32(30-25)17-23(34)33(20-6-3-2-4-7-20)24(19-11-13-27-14-12-19)26(35)28-16-21-8-5-15-36-21/h2-4,6-7,9-14,21,24H,5,8,15-17H2,1H3,(H,28,35)/t21-,24+/m1/s1. The van der Waals surface area contributed by atoms with Gasteiger partial charge in [0.2, 0.25) is 11.7 Å². The minimum atomic E-state index is -0.949. The molecule has 1 aliphatic rings. The predicted octanol–water partition coefficient (Wildman–Crippen LogP) is 2.71. The van der Waals surface area contributed by atoms with Crippen LogP contribution in [-0.2, 0) is 20.9 Å². The van der Waals surface area contributed by atoms with Gasteiger partial charge in [-0.15, -0.1) is 10.2 Å². The monoisotopic (exact) mass is 501 g/mol. The molecule has 11 nitrogen and oxygen atoms in total. The quantitative estimate of drug-likeness (QED) is 0.371. The van der Waals surface area contributed by atoms with E-state index in [1.165, 1.54) is 9.70 Å². The molecule has 0 aliphatic carbocycles. The summed E-state index contributed by atoms with van der Waals surface area (Å²) in [5.41, 5.74) is 1.18. The number of carbonyl (C=O) groups is 2. The van der Waals surface area contributed by atoms with E-state index in [4.69, 9.17) is 9.15 Å². The lowest BCUT2D eigenvalue weighted by atomic mass is 10.0. The molecule has 1 aromatic carbocycles. The highest BCUT2D eigenvalue weighted by Gasteiger charge is 2.34. The lowest BCUT2D eigenvalue weighted by molar-refractivity contribution is -0.127. The first-order valence-electron chi connectivity index (χ1n) is 12.1. The Morgan fingerprint density at radius 2 is 1.95 bits per heavy atom. The molecule has 190 valence electrons. The number of rotatable bonds is 9. The van der Waals surface area contributed by atoms with Crippen LogP contribution in [0.4, 0.5) is 5.69 Å². The minimum absolute atomic E-state index is 0.0362. The van der Waals surface area contributed by atoms with Gasteiger partial charge < -0.3 is 14.5 Å². The molecule has 1 saturated heterocycles. The molecule has 11 heteroatoms. The van der Waals surface area contributed by atoms with Crippen LogP contribution in [0.2, 0.25) is 0 Å². The molecular formula is C26H27N7O4. The van der Waals surface area contributed by atoms with Crippen LogP contribution >= 0.6 is 0 Å². The molecule has 2 atom stereocenters. The summed E-state index contributed by atoms with van der Waals surface area (Å²) in [6.07, 6.45) is 5.01. The average Bonchev–Trinajstić information content (AvgIpc) is 3.69. The lowest BCUT2D eigenvalue weighted by Gasteiger charge is -2.31. The van der Waals surface area contributed by atoms with Crippen molar-refractivity contribution in [2.45, 2.75) is 38.5 Å². The summed E-state index contributed by atoms with van der Waals surface area (Å²) in [4.78, 5) is 34.1. The summed E-state index contributed by atoms with van der Waals surface area (Å²) in [5, 5.41) is 15.3. The number of ether oxygens (including phenoxy) is 1. The highest BCUT2D eigenvalue weighted by Crippen LogP contribution is 2.28. The maximum absolute atomic E-state index is 13.8. The fraction of sp³-hybridized carbons (Fsp3) is 0.308. The van der Waals surface area contributed by atoms with Crippen LogP contribution in [0, 0.1) is 6.92 Å². The van der Waals surface area contributed by atoms with E-state index in [0.29, 0.717) is 35.9 Å². The molecule has 3 aromatic heterocycles. The van der Waals surface area contributed by atoms with Crippen molar-refractivity contribution in [3.05, 3.63) is 78.3 Å². The summed E-state index contributed by atoms with van der Waals surface area (Å²) < 4.78 is 11.2. The average molecular weight is 502 g/mol. The molecule has 1 aliphatic heterocycles. The fourth-order valence-electron chi connectivity index (χ4n) is 4.27. The van der Waals surface area contributed by atoms with Crippen molar-refractivity contribution in [2.75, 3.05) is 18.1 Å². The van der Waals surface area contributed by atoms with Gasteiger partial charge >= 0.3 is 0 Å². The number of hydrogen-bond acceptors (Lipinski definition) is 8. The highest BCUT2D eigenvalue weighted by molar-refractivity contribution is 6.01. The van der Waals surface area contributed by atoms with Crippen LogP contribution in [-0.4, -0.2) is 56.3 Å². The SMILES string of the molecule is Cc1ccc(-c2nnn(CC(=O)N(c3ccccc3)[C@H](C(=O)NC[C@H]3CCCO3)c3ccncc3)n2)o1. The third kappa shape index (κ3) is 5.72. The van der Waals surface area contributed by atoms with Crippen LogP contribution in [0.25, 0.3) is 11.6 Å². The van der Waals surface area contributed by atoms with Crippen molar-refractivity contribution in [3.8, 4) is 11.6 Å². The third-order valence-corrected chi connectivity index (χ3v) is 6.05. The highest BCUT2D eigenvalue weighted by atomic mass is 16.5. The van der Waals surface area contributed by atoms with Crippen molar-refractivity contribution in [3.63, 3.8) is 0 Å². The van der Waals surface area contributed by atoms with Crippen LogP contribution in [0.1, 0.15) is 30.2 Å². The summed E-state index contributed by atoms with van der Waals surface area (Å²) >= 11 is 0. The molecule has 0 bridgehead atoms. The van der Waals surface area contributed by atoms with E-state index >= 15 is 0 Å². The van der Waals surface area contributed by atoms with Crippen molar-refractivity contribution in [1.82, 2.24) is 30.5 Å². The van der Waals surface area contributed by atoms with Gasteiger partial charge in [-0.3, -0.25) is 19.5 Å². The molecule has 4 aromatic rings. The molecule has 0 radical (unpaired) electrons.